The maximum Gasteiger partial charge on any atom is 0.336 e. The van der Waals surface area contributed by atoms with Crippen LogP contribution in [0, 0.1) is 11.8 Å². The van der Waals surface area contributed by atoms with Gasteiger partial charge in [-0.05, 0) is 50.8 Å². The highest BCUT2D eigenvalue weighted by Crippen LogP contribution is 2.46. The van der Waals surface area contributed by atoms with E-state index in [1.165, 1.54) is 13.2 Å². The predicted molar refractivity (Wildman–Crippen MR) is 116 cm³/mol. The molecule has 3 rings (SSSR count). The van der Waals surface area contributed by atoms with Crippen LogP contribution in [0.25, 0.3) is 0 Å². The number of hydrogen-bond donors (Lipinski definition) is 2. The number of esters is 2. The topological polar surface area (TPSA) is 111 Å². The molecular weight excluding hydrogens is 414 g/mol. The molecule has 8 heteroatoms. The van der Waals surface area contributed by atoms with E-state index in [2.05, 4.69) is 5.32 Å². The van der Waals surface area contributed by atoms with Gasteiger partial charge in [0.1, 0.15) is 5.92 Å². The summed E-state index contributed by atoms with van der Waals surface area (Å²) >= 11 is 0. The molecule has 0 saturated heterocycles. The van der Waals surface area contributed by atoms with E-state index in [0.29, 0.717) is 29.0 Å². The highest BCUT2D eigenvalue weighted by atomic mass is 16.5. The predicted octanol–water partition coefficient (Wildman–Crippen LogP) is 2.97. The van der Waals surface area contributed by atoms with Gasteiger partial charge in [-0.2, -0.15) is 0 Å². The summed E-state index contributed by atoms with van der Waals surface area (Å²) in [6.07, 6.45) is 0.448. The summed E-state index contributed by atoms with van der Waals surface area (Å²) in [5, 5.41) is 13.3. The van der Waals surface area contributed by atoms with Crippen LogP contribution >= 0.6 is 0 Å². The van der Waals surface area contributed by atoms with E-state index in [-0.39, 0.29) is 42.0 Å². The van der Waals surface area contributed by atoms with Crippen LogP contribution in [-0.4, -0.2) is 43.2 Å². The molecule has 0 amide bonds. The average Bonchev–Trinajstić information content (AvgIpc) is 2.73. The lowest BCUT2D eigenvalue weighted by Crippen LogP contribution is -2.43. The number of carbonyl (C=O) groups excluding carboxylic acids is 3. The van der Waals surface area contributed by atoms with Crippen molar-refractivity contribution in [3.05, 3.63) is 46.3 Å². The Labute approximate surface area is 187 Å². The van der Waals surface area contributed by atoms with Gasteiger partial charge in [-0.15, -0.1) is 0 Å². The van der Waals surface area contributed by atoms with Crippen LogP contribution in [-0.2, 0) is 23.9 Å². The third-order valence-electron chi connectivity index (χ3n) is 5.86. The Morgan fingerprint density at radius 2 is 1.88 bits per heavy atom. The molecule has 1 aromatic rings. The SMILES string of the molecule is CCOC(=O)C1=C(C)NC2=C(C(=O)[C@@H](C(=O)OCC)[C@H](C)C2)[C@@H]1c1ccc(O)c(OC)c1. The lowest BCUT2D eigenvalue weighted by atomic mass is 9.69. The van der Waals surface area contributed by atoms with Gasteiger partial charge in [0.05, 0.1) is 25.9 Å². The molecule has 32 heavy (non-hydrogen) atoms. The second-order valence-electron chi connectivity index (χ2n) is 7.92. The Bertz CT molecular complexity index is 1010. The van der Waals surface area contributed by atoms with Crippen LogP contribution in [0.2, 0.25) is 0 Å². The number of hydrogen-bond acceptors (Lipinski definition) is 8. The number of dihydropyridines is 1. The second-order valence-corrected chi connectivity index (χ2v) is 7.92. The quantitative estimate of drug-likeness (QED) is 0.510. The van der Waals surface area contributed by atoms with Crippen LogP contribution in [0.15, 0.2) is 40.7 Å². The molecule has 1 aromatic carbocycles. The van der Waals surface area contributed by atoms with Gasteiger partial charge in [0.15, 0.2) is 17.3 Å². The number of methoxy groups -OCH3 is 1. The minimum atomic E-state index is -0.959. The average molecular weight is 443 g/mol. The molecule has 1 aliphatic carbocycles. The Morgan fingerprint density at radius 3 is 2.50 bits per heavy atom. The van der Waals surface area contributed by atoms with Crippen molar-refractivity contribution in [2.75, 3.05) is 20.3 Å². The fourth-order valence-corrected chi connectivity index (χ4v) is 4.47. The number of phenolic OH excluding ortho intramolecular Hbond substituents is 1. The standard InChI is InChI=1S/C24H29NO7/c1-6-31-23(28)18-12(3)10-15-21(22(18)27)20(14-8-9-16(26)17(11-14)30-5)19(13(4)25-15)24(29)32-7-2/h8-9,11-12,18,20,25-26H,6-7,10H2,1-5H3/t12-,18+,20-/m1/s1. The molecule has 2 aliphatic rings. The molecule has 0 bridgehead atoms. The van der Waals surface area contributed by atoms with Gasteiger partial charge in [-0.1, -0.05) is 13.0 Å². The zero-order valence-electron chi connectivity index (χ0n) is 19.0. The van der Waals surface area contributed by atoms with Gasteiger partial charge in [-0.25, -0.2) is 4.79 Å². The summed E-state index contributed by atoms with van der Waals surface area (Å²) in [5.74, 6) is -3.36. The summed E-state index contributed by atoms with van der Waals surface area (Å²) in [5.41, 5.74) is 2.44. The molecule has 0 fully saturated rings. The normalized spacial score (nSPS) is 22.8. The Hall–Kier alpha value is -3.29. The molecule has 8 nitrogen and oxygen atoms in total. The van der Waals surface area contributed by atoms with Gasteiger partial charge in [0.2, 0.25) is 0 Å². The van der Waals surface area contributed by atoms with Crippen molar-refractivity contribution in [3.8, 4) is 11.5 Å². The summed E-state index contributed by atoms with van der Waals surface area (Å²) in [6.45, 7) is 7.34. The molecule has 172 valence electrons. The number of carbonyl (C=O) groups is 3. The number of phenols is 1. The number of ketones is 1. The lowest BCUT2D eigenvalue weighted by Gasteiger charge is -2.38. The van der Waals surface area contributed by atoms with Gasteiger partial charge in [0, 0.05) is 22.9 Å². The van der Waals surface area contributed by atoms with Crippen molar-refractivity contribution in [1.82, 2.24) is 5.32 Å². The van der Waals surface area contributed by atoms with Crippen molar-refractivity contribution < 1.29 is 33.7 Å². The summed E-state index contributed by atoms with van der Waals surface area (Å²) in [4.78, 5) is 39.2. The van der Waals surface area contributed by atoms with E-state index < -0.39 is 23.8 Å². The molecule has 0 spiro atoms. The third-order valence-corrected chi connectivity index (χ3v) is 5.86. The summed E-state index contributed by atoms with van der Waals surface area (Å²) in [6, 6.07) is 4.68. The van der Waals surface area contributed by atoms with Crippen LogP contribution in [0.3, 0.4) is 0 Å². The third kappa shape index (κ3) is 4.09. The number of ether oxygens (including phenoxy) is 3. The minimum absolute atomic E-state index is 0.0641. The first kappa shape index (κ1) is 23.4. The zero-order chi connectivity index (χ0) is 23.6. The molecule has 0 saturated carbocycles. The number of benzene rings is 1. The zero-order valence-corrected chi connectivity index (χ0v) is 19.0. The summed E-state index contributed by atoms with van der Waals surface area (Å²) < 4.78 is 15.7. The number of Topliss-reactive ketones (excluding diaryl/α,β-unsaturated/α-hetero) is 1. The number of allylic oxidation sites excluding steroid dienone is 3. The van der Waals surface area contributed by atoms with E-state index in [1.54, 1.807) is 32.9 Å². The largest absolute Gasteiger partial charge is 0.504 e. The van der Waals surface area contributed by atoms with E-state index in [9.17, 15) is 19.5 Å². The van der Waals surface area contributed by atoms with Crippen LogP contribution in [0.5, 0.6) is 11.5 Å². The highest BCUT2D eigenvalue weighted by molar-refractivity contribution is 6.12. The van der Waals surface area contributed by atoms with Crippen LogP contribution < -0.4 is 10.1 Å². The van der Waals surface area contributed by atoms with Crippen molar-refractivity contribution in [3.63, 3.8) is 0 Å². The molecule has 0 aromatic heterocycles. The molecule has 2 N–H and O–H groups in total. The monoisotopic (exact) mass is 443 g/mol. The van der Waals surface area contributed by atoms with Crippen molar-refractivity contribution >= 4 is 17.7 Å². The first-order valence-corrected chi connectivity index (χ1v) is 10.7. The van der Waals surface area contributed by atoms with Gasteiger partial charge in [0.25, 0.3) is 0 Å². The Morgan fingerprint density at radius 1 is 1.19 bits per heavy atom. The van der Waals surface area contributed by atoms with E-state index in [4.69, 9.17) is 14.2 Å². The smallest absolute Gasteiger partial charge is 0.336 e. The number of nitrogens with one attached hydrogen (secondary N) is 1. The molecular formula is C24H29NO7. The fourth-order valence-electron chi connectivity index (χ4n) is 4.47. The van der Waals surface area contributed by atoms with Crippen molar-refractivity contribution in [2.45, 2.75) is 40.0 Å². The van der Waals surface area contributed by atoms with E-state index in [1.807, 2.05) is 6.92 Å². The first-order chi connectivity index (χ1) is 15.2. The molecule has 0 radical (unpaired) electrons. The van der Waals surface area contributed by atoms with Gasteiger partial charge >= 0.3 is 11.9 Å². The second kappa shape index (κ2) is 9.46. The summed E-state index contributed by atoms with van der Waals surface area (Å²) in [7, 11) is 1.42. The maximum absolute atomic E-state index is 13.7. The molecule has 0 unspecified atom stereocenters. The highest BCUT2D eigenvalue weighted by Gasteiger charge is 2.47. The molecule has 3 atom stereocenters. The first-order valence-electron chi connectivity index (χ1n) is 10.7. The van der Waals surface area contributed by atoms with Gasteiger partial charge < -0.3 is 24.6 Å². The van der Waals surface area contributed by atoms with Gasteiger partial charge in [-0.3, -0.25) is 9.59 Å². The Balaban J connectivity index is 2.20. The molecule has 1 heterocycles. The van der Waals surface area contributed by atoms with Crippen LogP contribution in [0.4, 0.5) is 0 Å². The number of rotatable bonds is 6. The minimum Gasteiger partial charge on any atom is -0.504 e. The van der Waals surface area contributed by atoms with E-state index in [0.717, 1.165) is 0 Å². The molecule has 1 aliphatic heterocycles. The maximum atomic E-state index is 13.7. The fraction of sp³-hybridized carbons (Fsp3) is 0.458. The van der Waals surface area contributed by atoms with Crippen molar-refractivity contribution in [2.24, 2.45) is 11.8 Å². The van der Waals surface area contributed by atoms with Crippen LogP contribution in [0.1, 0.15) is 45.6 Å². The lowest BCUT2D eigenvalue weighted by molar-refractivity contribution is -0.153. The number of aromatic hydroxyl groups is 1. The van der Waals surface area contributed by atoms with Crippen molar-refractivity contribution in [1.29, 1.82) is 0 Å². The Kier molecular flexibility index (Phi) is 6.91. The van der Waals surface area contributed by atoms with E-state index >= 15 is 0 Å².